The second kappa shape index (κ2) is 12.2. The van der Waals surface area contributed by atoms with E-state index in [1.165, 1.54) is 98.7 Å². The van der Waals surface area contributed by atoms with Crippen molar-refractivity contribution in [3.8, 4) is 11.1 Å². The highest BCUT2D eigenvalue weighted by Gasteiger charge is 2.60. The zero-order chi connectivity index (χ0) is 40.8. The summed E-state index contributed by atoms with van der Waals surface area (Å²) in [5, 5.41) is 5.81. The van der Waals surface area contributed by atoms with E-state index < -0.39 is 13.5 Å². The van der Waals surface area contributed by atoms with Crippen LogP contribution in [0.2, 0.25) is 0 Å². The molecule has 0 aromatic heterocycles. The molecule has 8 aromatic carbocycles. The molecule has 60 heavy (non-hydrogen) atoms. The van der Waals surface area contributed by atoms with E-state index in [1.54, 1.807) is 0 Å². The summed E-state index contributed by atoms with van der Waals surface area (Å²) in [7, 11) is -3.03. The molecule has 0 saturated heterocycles. The van der Waals surface area contributed by atoms with E-state index in [2.05, 4.69) is 228 Å². The fourth-order valence-electron chi connectivity index (χ4n) is 11.9. The second-order valence-electron chi connectivity index (χ2n) is 19.6. The molecule has 3 heteroatoms. The van der Waals surface area contributed by atoms with Gasteiger partial charge in [0.15, 0.2) is 8.07 Å². The van der Waals surface area contributed by atoms with Crippen LogP contribution in [0.4, 0.5) is 17.1 Å². The highest BCUT2D eigenvalue weighted by Crippen LogP contribution is 2.64. The van der Waals surface area contributed by atoms with Gasteiger partial charge in [-0.25, -0.2) is 0 Å². The Labute approximate surface area is 356 Å². The molecule has 1 nitrogen and oxygen atoms in total. The van der Waals surface area contributed by atoms with E-state index in [-0.39, 0.29) is 17.5 Å². The second-order valence-corrected chi connectivity index (χ2v) is 23.4. The minimum atomic E-state index is -3.03. The van der Waals surface area contributed by atoms with Gasteiger partial charge in [-0.05, 0) is 87.0 Å². The number of para-hydroxylation sites is 1. The zero-order valence-electron chi connectivity index (χ0n) is 35.3. The van der Waals surface area contributed by atoms with Crippen LogP contribution in [0.15, 0.2) is 182 Å². The van der Waals surface area contributed by atoms with E-state index in [1.807, 2.05) is 0 Å². The normalized spacial score (nSPS) is 15.7. The Kier molecular flexibility index (Phi) is 7.28. The van der Waals surface area contributed by atoms with E-state index in [4.69, 9.17) is 0 Å². The molecule has 0 atom stereocenters. The SMILES string of the molecule is CC(C)(C)c1cc2c3c(c1)C1(c4ccccc4-c4ccccc41)c1cccc4c1N3c1c(cc(C(C)(C)C)cc1[Si]4(c1ccccc1)c1ccccc1)B2c1ccccc1. The van der Waals surface area contributed by atoms with Crippen LogP contribution in [0.3, 0.4) is 0 Å². The largest absolute Gasteiger partial charge is 0.311 e. The van der Waals surface area contributed by atoms with Crippen molar-refractivity contribution in [3.05, 3.63) is 215 Å². The predicted molar refractivity (Wildman–Crippen MR) is 258 cm³/mol. The number of anilines is 3. The number of fused-ring (bicyclic) bond motifs is 7. The Morgan fingerprint density at radius 1 is 0.417 bits per heavy atom. The van der Waals surface area contributed by atoms with Crippen molar-refractivity contribution in [2.24, 2.45) is 0 Å². The van der Waals surface area contributed by atoms with Crippen molar-refractivity contribution in [2.75, 3.05) is 4.90 Å². The van der Waals surface area contributed by atoms with E-state index in [0.717, 1.165) is 0 Å². The Balaban J connectivity index is 1.38. The van der Waals surface area contributed by atoms with Crippen LogP contribution in [-0.4, -0.2) is 14.8 Å². The quantitative estimate of drug-likeness (QED) is 0.162. The predicted octanol–water partition coefficient (Wildman–Crippen LogP) is 8.95. The van der Waals surface area contributed by atoms with Crippen LogP contribution in [0, 0.1) is 0 Å². The number of hydrogen-bond donors (Lipinski definition) is 0. The lowest BCUT2D eigenvalue weighted by atomic mass is 9.34. The van der Waals surface area contributed by atoms with Crippen molar-refractivity contribution in [3.63, 3.8) is 0 Å². The summed E-state index contributed by atoms with van der Waals surface area (Å²) < 4.78 is 0. The summed E-state index contributed by atoms with van der Waals surface area (Å²) in [6.45, 7) is 14.4. The first-order valence-corrected chi connectivity index (χ1v) is 23.7. The third kappa shape index (κ3) is 4.43. The molecule has 4 aliphatic rings. The van der Waals surface area contributed by atoms with Crippen LogP contribution >= 0.6 is 0 Å². The van der Waals surface area contributed by atoms with Gasteiger partial charge in [0.1, 0.15) is 0 Å². The molecule has 0 fully saturated rings. The highest BCUT2D eigenvalue weighted by atomic mass is 28.3. The summed E-state index contributed by atoms with van der Waals surface area (Å²) in [5.41, 5.74) is 18.6. The van der Waals surface area contributed by atoms with Gasteiger partial charge >= 0.3 is 0 Å². The lowest BCUT2D eigenvalue weighted by Gasteiger charge is -2.55. The van der Waals surface area contributed by atoms with Gasteiger partial charge in [-0.3, -0.25) is 0 Å². The maximum atomic E-state index is 2.80. The van der Waals surface area contributed by atoms with E-state index >= 15 is 0 Å². The summed E-state index contributed by atoms with van der Waals surface area (Å²) >= 11 is 0. The average molecular weight is 786 g/mol. The minimum absolute atomic E-state index is 0.0311. The van der Waals surface area contributed by atoms with E-state index in [0.29, 0.717) is 0 Å². The Hall–Kier alpha value is -6.16. The first kappa shape index (κ1) is 35.8. The molecule has 3 aliphatic heterocycles. The van der Waals surface area contributed by atoms with Gasteiger partial charge in [0.2, 0.25) is 6.71 Å². The molecular formula is C57H48BNSi. The molecule has 3 heterocycles. The van der Waals surface area contributed by atoms with Crippen molar-refractivity contribution in [1.29, 1.82) is 0 Å². The Morgan fingerprint density at radius 3 is 1.47 bits per heavy atom. The number of benzene rings is 8. The fourth-order valence-corrected chi connectivity index (χ4v) is 17.0. The van der Waals surface area contributed by atoms with Gasteiger partial charge < -0.3 is 4.90 Å². The smallest absolute Gasteiger partial charge is 0.246 e. The zero-order valence-corrected chi connectivity index (χ0v) is 36.3. The fraction of sp³-hybridized carbons (Fsp3) is 0.158. The summed E-state index contributed by atoms with van der Waals surface area (Å²) in [4.78, 5) is 2.80. The maximum absolute atomic E-state index is 3.03. The molecule has 0 unspecified atom stereocenters. The Bertz CT molecular complexity index is 2880. The third-order valence-electron chi connectivity index (χ3n) is 14.5. The number of nitrogens with zero attached hydrogens (tertiary/aromatic N) is 1. The van der Waals surface area contributed by atoms with Crippen LogP contribution in [0.1, 0.15) is 74.9 Å². The molecule has 0 radical (unpaired) electrons. The average Bonchev–Trinajstić information content (AvgIpc) is 3.56. The van der Waals surface area contributed by atoms with Crippen molar-refractivity contribution in [2.45, 2.75) is 57.8 Å². The molecule has 0 bridgehead atoms. The summed E-state index contributed by atoms with van der Waals surface area (Å²) in [5.74, 6) is 0. The molecule has 0 saturated carbocycles. The monoisotopic (exact) mass is 785 g/mol. The van der Waals surface area contributed by atoms with Crippen LogP contribution in [0.25, 0.3) is 11.1 Å². The van der Waals surface area contributed by atoms with Gasteiger partial charge in [-0.15, -0.1) is 0 Å². The maximum Gasteiger partial charge on any atom is 0.246 e. The third-order valence-corrected chi connectivity index (χ3v) is 19.3. The molecule has 1 aliphatic carbocycles. The molecule has 12 rings (SSSR count). The molecule has 0 N–H and O–H groups in total. The van der Waals surface area contributed by atoms with Crippen molar-refractivity contribution >= 4 is 69.0 Å². The van der Waals surface area contributed by atoms with Crippen molar-refractivity contribution < 1.29 is 0 Å². The molecule has 288 valence electrons. The number of hydrogen-bond acceptors (Lipinski definition) is 1. The standard InChI is InChI=1S/C57H48BNSi/c1-55(2,3)37-33-47-52-48(34-37)58(39-21-10-7-11-22-39)49-35-38(56(4,5)6)36-51-54(49)59(52)53-46(57(47)44-29-18-16-27-42(44)43-28-17-19-30-45(43)57)31-20-32-50(53)60(51,40-23-12-8-13-24-40)41-25-14-9-15-26-41/h7-36H,1-6H3. The van der Waals surface area contributed by atoms with Gasteiger partial charge in [-0.2, -0.15) is 0 Å². The first-order valence-electron chi connectivity index (χ1n) is 21.7. The number of rotatable bonds is 3. The molecule has 0 amide bonds. The van der Waals surface area contributed by atoms with E-state index in [9.17, 15) is 0 Å². The molecular weight excluding hydrogens is 738 g/mol. The Morgan fingerprint density at radius 2 is 0.900 bits per heavy atom. The topological polar surface area (TPSA) is 3.24 Å². The van der Waals surface area contributed by atoms with Crippen LogP contribution in [-0.2, 0) is 16.2 Å². The van der Waals surface area contributed by atoms with Gasteiger partial charge in [0, 0.05) is 11.4 Å². The van der Waals surface area contributed by atoms with Gasteiger partial charge in [0.25, 0.3) is 0 Å². The van der Waals surface area contributed by atoms with Crippen LogP contribution in [0.5, 0.6) is 0 Å². The van der Waals surface area contributed by atoms with Gasteiger partial charge in [-0.1, -0.05) is 229 Å². The van der Waals surface area contributed by atoms with Crippen molar-refractivity contribution in [1.82, 2.24) is 0 Å². The summed E-state index contributed by atoms with van der Waals surface area (Å²) in [6, 6.07) is 71.2. The van der Waals surface area contributed by atoms with Gasteiger partial charge in [0.05, 0.1) is 11.1 Å². The lowest BCUT2D eigenvalue weighted by Crippen LogP contribution is -2.79. The first-order chi connectivity index (χ1) is 29.1. The molecule has 8 aromatic rings. The summed E-state index contributed by atoms with van der Waals surface area (Å²) in [6.07, 6.45) is 0. The highest BCUT2D eigenvalue weighted by molar-refractivity contribution is 7.22. The molecule has 1 spiro atoms. The van der Waals surface area contributed by atoms with Crippen LogP contribution < -0.4 is 42.0 Å². The lowest BCUT2D eigenvalue weighted by molar-refractivity contribution is 0.587. The minimum Gasteiger partial charge on any atom is -0.311 e.